The fraction of sp³-hybridized carbons (Fsp3) is 0.150. The van der Waals surface area contributed by atoms with Crippen LogP contribution in [-0.2, 0) is 17.9 Å². The Morgan fingerprint density at radius 3 is 2.81 bits per heavy atom. The molecule has 2 aromatic carbocycles. The molecule has 136 valence electrons. The van der Waals surface area contributed by atoms with E-state index in [9.17, 15) is 4.79 Å². The van der Waals surface area contributed by atoms with Gasteiger partial charge in [-0.1, -0.05) is 36.4 Å². The maximum Gasteiger partial charge on any atom is 0.291 e. The van der Waals surface area contributed by atoms with Crippen LogP contribution in [0.25, 0.3) is 11.0 Å². The zero-order valence-corrected chi connectivity index (χ0v) is 14.8. The molecule has 0 saturated carbocycles. The van der Waals surface area contributed by atoms with Crippen molar-refractivity contribution >= 4 is 22.6 Å². The van der Waals surface area contributed by atoms with Gasteiger partial charge in [0.05, 0.1) is 13.2 Å². The van der Waals surface area contributed by atoms with Crippen LogP contribution in [0.5, 0.6) is 0 Å². The molecule has 2 aromatic heterocycles. The number of hydrogen-bond donors (Lipinski definition) is 1. The summed E-state index contributed by atoms with van der Waals surface area (Å²) in [6, 6.07) is 15.1. The van der Waals surface area contributed by atoms with Crippen molar-refractivity contribution in [2.24, 2.45) is 0 Å². The van der Waals surface area contributed by atoms with Crippen molar-refractivity contribution in [1.82, 2.24) is 14.8 Å². The van der Waals surface area contributed by atoms with Gasteiger partial charge in [0.15, 0.2) is 5.76 Å². The minimum Gasteiger partial charge on any atom is -0.451 e. The molecule has 4 rings (SSSR count). The van der Waals surface area contributed by atoms with Gasteiger partial charge in [-0.3, -0.25) is 4.79 Å². The summed E-state index contributed by atoms with van der Waals surface area (Å²) in [6.07, 6.45) is 3.11. The van der Waals surface area contributed by atoms with Crippen molar-refractivity contribution < 1.29 is 13.9 Å². The summed E-state index contributed by atoms with van der Waals surface area (Å²) in [6.45, 7) is 0.794. The van der Waals surface area contributed by atoms with E-state index in [1.54, 1.807) is 18.1 Å². The zero-order valence-electron chi connectivity index (χ0n) is 14.8. The number of rotatable bonds is 6. The number of fused-ring (bicyclic) bond motifs is 1. The molecule has 1 amide bonds. The van der Waals surface area contributed by atoms with Gasteiger partial charge in [-0.15, -0.1) is 0 Å². The first-order chi connectivity index (χ1) is 13.3. The fourth-order valence-corrected chi connectivity index (χ4v) is 3.02. The van der Waals surface area contributed by atoms with Gasteiger partial charge < -0.3 is 14.5 Å². The van der Waals surface area contributed by atoms with E-state index < -0.39 is 0 Å². The minimum atomic E-state index is -0.315. The molecule has 0 bridgehead atoms. The molecule has 0 aliphatic carbocycles. The Kier molecular flexibility index (Phi) is 4.67. The second-order valence-electron chi connectivity index (χ2n) is 6.04. The monoisotopic (exact) mass is 362 g/mol. The summed E-state index contributed by atoms with van der Waals surface area (Å²) in [4.78, 5) is 16.9. The number of hydrogen-bond acceptors (Lipinski definition) is 5. The quantitative estimate of drug-likeness (QED) is 0.568. The Morgan fingerprint density at radius 1 is 1.19 bits per heavy atom. The first-order valence-corrected chi connectivity index (χ1v) is 8.47. The highest BCUT2D eigenvalue weighted by atomic mass is 16.5. The molecule has 0 aliphatic heterocycles. The zero-order chi connectivity index (χ0) is 18.6. The van der Waals surface area contributed by atoms with E-state index in [-0.39, 0.29) is 11.7 Å². The lowest BCUT2D eigenvalue weighted by Crippen LogP contribution is -2.15. The Morgan fingerprint density at radius 2 is 2.00 bits per heavy atom. The standard InChI is InChI=1S/C20H18N4O3/c1-26-11-16-15-7-3-5-9-18(15)27-19(16)20(25)23-17-8-4-2-6-14(17)10-24-13-21-12-22-24/h2-9,12-13H,10-11H2,1H3,(H,23,25). The maximum atomic E-state index is 12.9. The van der Waals surface area contributed by atoms with E-state index >= 15 is 0 Å². The Balaban J connectivity index is 1.65. The molecule has 4 aromatic rings. The van der Waals surface area contributed by atoms with E-state index in [1.807, 2.05) is 48.5 Å². The molecule has 0 saturated heterocycles. The number of para-hydroxylation sites is 2. The van der Waals surface area contributed by atoms with Crippen LogP contribution in [0, 0.1) is 0 Å². The molecule has 7 heteroatoms. The Bertz CT molecular complexity index is 1070. The van der Waals surface area contributed by atoms with Crippen LogP contribution in [0.2, 0.25) is 0 Å². The average Bonchev–Trinajstić information content (AvgIpc) is 3.32. The number of furan rings is 1. The number of nitrogens with zero attached hydrogens (tertiary/aromatic N) is 3. The second kappa shape index (κ2) is 7.43. The lowest BCUT2D eigenvalue weighted by atomic mass is 10.1. The second-order valence-corrected chi connectivity index (χ2v) is 6.04. The fourth-order valence-electron chi connectivity index (χ4n) is 3.02. The van der Waals surface area contributed by atoms with Gasteiger partial charge in [0.1, 0.15) is 18.2 Å². The number of methoxy groups -OCH3 is 1. The van der Waals surface area contributed by atoms with Crippen molar-refractivity contribution in [3.05, 3.63) is 78.1 Å². The molecular weight excluding hydrogens is 344 g/mol. The molecule has 1 N–H and O–H groups in total. The van der Waals surface area contributed by atoms with E-state index in [1.165, 1.54) is 6.33 Å². The largest absolute Gasteiger partial charge is 0.451 e. The number of nitrogens with one attached hydrogen (secondary N) is 1. The van der Waals surface area contributed by atoms with Gasteiger partial charge in [0, 0.05) is 23.7 Å². The summed E-state index contributed by atoms with van der Waals surface area (Å²) in [7, 11) is 1.59. The van der Waals surface area contributed by atoms with Crippen molar-refractivity contribution in [3.8, 4) is 0 Å². The third-order valence-electron chi connectivity index (χ3n) is 4.26. The minimum absolute atomic E-state index is 0.258. The van der Waals surface area contributed by atoms with Crippen LogP contribution >= 0.6 is 0 Å². The lowest BCUT2D eigenvalue weighted by Gasteiger charge is -2.11. The summed E-state index contributed by atoms with van der Waals surface area (Å²) in [5.74, 6) is -0.0575. The summed E-state index contributed by atoms with van der Waals surface area (Å²) in [5.41, 5.74) is 3.01. The molecular formula is C20H18N4O3. The van der Waals surface area contributed by atoms with Gasteiger partial charge >= 0.3 is 0 Å². The molecule has 0 fully saturated rings. The molecule has 7 nitrogen and oxygen atoms in total. The van der Waals surface area contributed by atoms with E-state index in [0.717, 1.165) is 16.5 Å². The number of carbonyl (C=O) groups is 1. The molecule has 2 heterocycles. The van der Waals surface area contributed by atoms with Crippen molar-refractivity contribution in [3.63, 3.8) is 0 Å². The first-order valence-electron chi connectivity index (χ1n) is 8.47. The third-order valence-corrected chi connectivity index (χ3v) is 4.26. The van der Waals surface area contributed by atoms with Crippen molar-refractivity contribution in [2.45, 2.75) is 13.2 Å². The van der Waals surface area contributed by atoms with Gasteiger partial charge in [0.25, 0.3) is 5.91 Å². The van der Waals surface area contributed by atoms with E-state index in [0.29, 0.717) is 24.4 Å². The highest BCUT2D eigenvalue weighted by molar-refractivity contribution is 6.06. The van der Waals surface area contributed by atoms with Gasteiger partial charge in [-0.2, -0.15) is 5.10 Å². The number of ether oxygens (including phenoxy) is 1. The molecule has 27 heavy (non-hydrogen) atoms. The SMILES string of the molecule is COCc1c(C(=O)Nc2ccccc2Cn2cncn2)oc2ccccc12. The average molecular weight is 362 g/mol. The Labute approximate surface area is 155 Å². The van der Waals surface area contributed by atoms with Crippen LogP contribution in [-0.4, -0.2) is 27.8 Å². The normalized spacial score (nSPS) is 11.0. The van der Waals surface area contributed by atoms with E-state index in [2.05, 4.69) is 15.4 Å². The molecule has 0 unspecified atom stereocenters. The number of amides is 1. The lowest BCUT2D eigenvalue weighted by molar-refractivity contribution is 0.0992. The molecule has 0 radical (unpaired) electrons. The summed E-state index contributed by atoms with van der Waals surface area (Å²) >= 11 is 0. The number of benzene rings is 2. The number of anilines is 1. The molecule has 0 aliphatic rings. The number of aromatic nitrogens is 3. The maximum absolute atomic E-state index is 12.9. The van der Waals surface area contributed by atoms with E-state index in [4.69, 9.17) is 9.15 Å². The highest BCUT2D eigenvalue weighted by Crippen LogP contribution is 2.28. The van der Waals surface area contributed by atoms with Gasteiger partial charge in [0.2, 0.25) is 0 Å². The predicted octanol–water partition coefficient (Wildman–Crippen LogP) is 3.47. The van der Waals surface area contributed by atoms with Crippen LogP contribution in [0.4, 0.5) is 5.69 Å². The smallest absolute Gasteiger partial charge is 0.291 e. The van der Waals surface area contributed by atoms with Gasteiger partial charge in [-0.25, -0.2) is 9.67 Å². The topological polar surface area (TPSA) is 82.2 Å². The van der Waals surface area contributed by atoms with Crippen LogP contribution < -0.4 is 5.32 Å². The highest BCUT2D eigenvalue weighted by Gasteiger charge is 2.21. The third kappa shape index (κ3) is 3.45. The predicted molar refractivity (Wildman–Crippen MR) is 100 cm³/mol. The summed E-state index contributed by atoms with van der Waals surface area (Å²) in [5, 5.41) is 7.94. The van der Waals surface area contributed by atoms with Crippen molar-refractivity contribution in [1.29, 1.82) is 0 Å². The van der Waals surface area contributed by atoms with Crippen molar-refractivity contribution in [2.75, 3.05) is 12.4 Å². The van der Waals surface area contributed by atoms with Gasteiger partial charge in [-0.05, 0) is 17.7 Å². The molecule has 0 atom stereocenters. The first kappa shape index (κ1) is 17.0. The van der Waals surface area contributed by atoms with Crippen LogP contribution in [0.3, 0.4) is 0 Å². The Hall–Kier alpha value is -3.45. The van der Waals surface area contributed by atoms with Crippen LogP contribution in [0.15, 0.2) is 65.6 Å². The summed E-state index contributed by atoms with van der Waals surface area (Å²) < 4.78 is 12.8. The number of carbonyl (C=O) groups excluding carboxylic acids is 1. The van der Waals surface area contributed by atoms with Crippen LogP contribution in [0.1, 0.15) is 21.7 Å². The molecule has 0 spiro atoms.